The molecule has 0 heterocycles. The van der Waals surface area contributed by atoms with Gasteiger partial charge < -0.3 is 10.1 Å². The zero-order valence-electron chi connectivity index (χ0n) is 12.4. The van der Waals surface area contributed by atoms with E-state index in [0.717, 1.165) is 5.56 Å². The summed E-state index contributed by atoms with van der Waals surface area (Å²) in [5.41, 5.74) is 1.16. The van der Waals surface area contributed by atoms with E-state index in [9.17, 15) is 9.59 Å². The van der Waals surface area contributed by atoms with Gasteiger partial charge in [0, 0.05) is 16.6 Å². The Hall–Kier alpha value is -2.04. The average Bonchev–Trinajstić information content (AvgIpc) is 2.52. The molecule has 120 valence electrons. The molecule has 0 saturated carbocycles. The van der Waals surface area contributed by atoms with Crippen molar-refractivity contribution in [2.45, 2.75) is 13.5 Å². The summed E-state index contributed by atoms with van der Waals surface area (Å²) < 4.78 is 5.41. The Morgan fingerprint density at radius 2 is 1.87 bits per heavy atom. The van der Waals surface area contributed by atoms with Gasteiger partial charge in [-0.05, 0) is 36.8 Å². The fourth-order valence-corrected chi connectivity index (χ4v) is 2.31. The third kappa shape index (κ3) is 4.98. The van der Waals surface area contributed by atoms with Crippen LogP contribution in [-0.2, 0) is 11.3 Å². The van der Waals surface area contributed by atoms with Crippen molar-refractivity contribution < 1.29 is 14.3 Å². The van der Waals surface area contributed by atoms with E-state index in [4.69, 9.17) is 27.9 Å². The Bertz CT molecular complexity index is 732. The molecular formula is C17H15Cl2NO3. The first-order valence-electron chi connectivity index (χ1n) is 6.91. The third-order valence-electron chi connectivity index (χ3n) is 3.11. The smallest absolute Gasteiger partial charge is 0.258 e. The molecular weight excluding hydrogens is 337 g/mol. The van der Waals surface area contributed by atoms with Crippen LogP contribution in [0, 0.1) is 0 Å². The molecule has 1 amide bonds. The van der Waals surface area contributed by atoms with Gasteiger partial charge in [0.2, 0.25) is 0 Å². The molecule has 2 rings (SSSR count). The topological polar surface area (TPSA) is 55.4 Å². The number of benzene rings is 2. The summed E-state index contributed by atoms with van der Waals surface area (Å²) in [4.78, 5) is 23.4. The summed E-state index contributed by atoms with van der Waals surface area (Å²) in [6.07, 6.45) is 0. The van der Waals surface area contributed by atoms with E-state index < -0.39 is 0 Å². The lowest BCUT2D eigenvalue weighted by Crippen LogP contribution is -2.28. The second kappa shape index (κ2) is 7.99. The maximum atomic E-state index is 11.9. The number of hydrogen-bond acceptors (Lipinski definition) is 3. The molecule has 0 aliphatic carbocycles. The predicted molar refractivity (Wildman–Crippen MR) is 90.3 cm³/mol. The molecule has 0 aliphatic heterocycles. The summed E-state index contributed by atoms with van der Waals surface area (Å²) in [5.74, 6) is -0.164. The van der Waals surface area contributed by atoms with Gasteiger partial charge in [0.05, 0.1) is 5.56 Å². The number of ether oxygens (including phenoxy) is 1. The van der Waals surface area contributed by atoms with E-state index in [2.05, 4.69) is 5.32 Å². The van der Waals surface area contributed by atoms with E-state index in [0.29, 0.717) is 27.9 Å². The van der Waals surface area contributed by atoms with Gasteiger partial charge in [-0.3, -0.25) is 9.59 Å². The second-order valence-electron chi connectivity index (χ2n) is 4.85. The molecule has 23 heavy (non-hydrogen) atoms. The first-order valence-corrected chi connectivity index (χ1v) is 7.66. The molecule has 0 radical (unpaired) electrons. The lowest BCUT2D eigenvalue weighted by atomic mass is 10.1. The Balaban J connectivity index is 1.92. The van der Waals surface area contributed by atoms with E-state index in [1.54, 1.807) is 18.2 Å². The number of nitrogens with one attached hydrogen (secondary N) is 1. The van der Waals surface area contributed by atoms with Gasteiger partial charge in [-0.25, -0.2) is 0 Å². The molecule has 4 nitrogen and oxygen atoms in total. The third-order valence-corrected chi connectivity index (χ3v) is 3.72. The summed E-state index contributed by atoms with van der Waals surface area (Å²) >= 11 is 11.9. The number of Topliss-reactive ketones (excluding diaryl/α,β-unsaturated/α-hetero) is 1. The molecule has 0 aromatic heterocycles. The monoisotopic (exact) mass is 351 g/mol. The highest BCUT2D eigenvalue weighted by atomic mass is 35.5. The Morgan fingerprint density at radius 1 is 1.13 bits per heavy atom. The van der Waals surface area contributed by atoms with Crippen LogP contribution >= 0.6 is 23.2 Å². The lowest BCUT2D eigenvalue weighted by Gasteiger charge is -2.11. The Kier molecular flexibility index (Phi) is 6.02. The number of ketones is 1. The summed E-state index contributed by atoms with van der Waals surface area (Å²) in [5, 5.41) is 3.73. The summed E-state index contributed by atoms with van der Waals surface area (Å²) in [6.45, 7) is 1.52. The quantitative estimate of drug-likeness (QED) is 0.803. The standard InChI is InChI=1S/C17H15Cl2NO3/c1-11(21)14-8-13(18)6-7-16(14)23-10-17(22)20-9-12-4-2-3-5-15(12)19/h2-8H,9-10H2,1H3,(H,20,22). The zero-order valence-corrected chi connectivity index (χ0v) is 13.9. The number of carbonyl (C=O) groups excluding carboxylic acids is 2. The van der Waals surface area contributed by atoms with Crippen LogP contribution in [0.25, 0.3) is 0 Å². The number of hydrogen-bond donors (Lipinski definition) is 1. The van der Waals surface area contributed by atoms with Crippen molar-refractivity contribution >= 4 is 34.9 Å². The number of halogens is 2. The van der Waals surface area contributed by atoms with E-state index in [-0.39, 0.29) is 18.3 Å². The molecule has 6 heteroatoms. The average molecular weight is 352 g/mol. The minimum absolute atomic E-state index is 0.182. The van der Waals surface area contributed by atoms with Crippen molar-refractivity contribution in [3.05, 3.63) is 63.6 Å². The van der Waals surface area contributed by atoms with Crippen molar-refractivity contribution in [1.29, 1.82) is 0 Å². The molecule has 0 atom stereocenters. The van der Waals surface area contributed by atoms with Crippen LogP contribution in [0.1, 0.15) is 22.8 Å². The normalized spacial score (nSPS) is 10.2. The molecule has 0 saturated heterocycles. The molecule has 0 bridgehead atoms. The molecule has 0 unspecified atom stereocenters. The van der Waals surface area contributed by atoms with Crippen molar-refractivity contribution in [3.8, 4) is 5.75 Å². The van der Waals surface area contributed by atoms with E-state index in [1.807, 2.05) is 18.2 Å². The van der Waals surface area contributed by atoms with Crippen molar-refractivity contribution in [2.75, 3.05) is 6.61 Å². The van der Waals surface area contributed by atoms with Gasteiger partial charge in [-0.1, -0.05) is 41.4 Å². The van der Waals surface area contributed by atoms with Crippen LogP contribution in [-0.4, -0.2) is 18.3 Å². The molecule has 0 aliphatic rings. The lowest BCUT2D eigenvalue weighted by molar-refractivity contribution is -0.123. The number of carbonyl (C=O) groups is 2. The van der Waals surface area contributed by atoms with Crippen molar-refractivity contribution in [3.63, 3.8) is 0 Å². The Morgan fingerprint density at radius 3 is 2.57 bits per heavy atom. The van der Waals surface area contributed by atoms with Crippen LogP contribution in [0.5, 0.6) is 5.75 Å². The largest absolute Gasteiger partial charge is 0.483 e. The summed E-state index contributed by atoms with van der Waals surface area (Å²) in [7, 11) is 0. The molecule has 2 aromatic carbocycles. The molecule has 1 N–H and O–H groups in total. The fourth-order valence-electron chi connectivity index (χ4n) is 1.93. The van der Waals surface area contributed by atoms with Crippen LogP contribution in [0.4, 0.5) is 0 Å². The highest BCUT2D eigenvalue weighted by Crippen LogP contribution is 2.23. The van der Waals surface area contributed by atoms with Crippen LogP contribution in [0.3, 0.4) is 0 Å². The SMILES string of the molecule is CC(=O)c1cc(Cl)ccc1OCC(=O)NCc1ccccc1Cl. The van der Waals surface area contributed by atoms with Gasteiger partial charge in [0.1, 0.15) is 5.75 Å². The highest BCUT2D eigenvalue weighted by molar-refractivity contribution is 6.31. The van der Waals surface area contributed by atoms with Gasteiger partial charge in [-0.2, -0.15) is 0 Å². The van der Waals surface area contributed by atoms with Gasteiger partial charge in [0.15, 0.2) is 12.4 Å². The van der Waals surface area contributed by atoms with Crippen LogP contribution < -0.4 is 10.1 Å². The fraction of sp³-hybridized carbons (Fsp3) is 0.176. The first kappa shape index (κ1) is 17.3. The molecule has 0 fully saturated rings. The summed E-state index contributed by atoms with van der Waals surface area (Å²) in [6, 6.07) is 11.9. The maximum absolute atomic E-state index is 11.9. The first-order chi connectivity index (χ1) is 11.0. The highest BCUT2D eigenvalue weighted by Gasteiger charge is 2.11. The van der Waals surface area contributed by atoms with Crippen molar-refractivity contribution in [2.24, 2.45) is 0 Å². The minimum Gasteiger partial charge on any atom is -0.483 e. The zero-order chi connectivity index (χ0) is 16.8. The Labute approximate surface area is 144 Å². The van der Waals surface area contributed by atoms with Crippen molar-refractivity contribution in [1.82, 2.24) is 5.32 Å². The number of amides is 1. The minimum atomic E-state index is -0.311. The van der Waals surface area contributed by atoms with Crippen LogP contribution in [0.15, 0.2) is 42.5 Å². The van der Waals surface area contributed by atoms with E-state index >= 15 is 0 Å². The maximum Gasteiger partial charge on any atom is 0.258 e. The van der Waals surface area contributed by atoms with Gasteiger partial charge >= 0.3 is 0 Å². The predicted octanol–water partition coefficient (Wildman–Crippen LogP) is 3.89. The molecule has 0 spiro atoms. The van der Waals surface area contributed by atoms with Crippen LogP contribution in [0.2, 0.25) is 10.0 Å². The molecule has 2 aromatic rings. The van der Waals surface area contributed by atoms with E-state index in [1.165, 1.54) is 13.0 Å². The van der Waals surface area contributed by atoms with Gasteiger partial charge in [-0.15, -0.1) is 0 Å². The number of rotatable bonds is 6. The van der Waals surface area contributed by atoms with Gasteiger partial charge in [0.25, 0.3) is 5.91 Å². The second-order valence-corrected chi connectivity index (χ2v) is 5.70.